The van der Waals surface area contributed by atoms with E-state index in [0.29, 0.717) is 0 Å². The molecule has 2 aliphatic rings. The van der Waals surface area contributed by atoms with Gasteiger partial charge in [-0.05, 0) is 13.3 Å². The number of hydrogen-bond acceptors (Lipinski definition) is 5. The van der Waals surface area contributed by atoms with Gasteiger partial charge in [0.2, 0.25) is 5.96 Å². The Hall–Kier alpha value is -1.05. The minimum absolute atomic E-state index is 0.759. The Bertz CT molecular complexity index is 328. The van der Waals surface area contributed by atoms with Gasteiger partial charge < -0.3 is 14.4 Å². The van der Waals surface area contributed by atoms with Gasteiger partial charge in [0.05, 0.1) is 39.5 Å². The maximum Gasteiger partial charge on any atom is 0.231 e. The summed E-state index contributed by atoms with van der Waals surface area (Å²) in [6.45, 7) is 13.0. The summed E-state index contributed by atoms with van der Waals surface area (Å²) < 4.78 is 10.8. The molecule has 0 spiro atoms. The van der Waals surface area contributed by atoms with Crippen LogP contribution in [0.15, 0.2) is 5.10 Å². The van der Waals surface area contributed by atoms with Gasteiger partial charge in [0.15, 0.2) is 0 Å². The molecule has 2 heterocycles. The Balaban J connectivity index is 2.01. The number of rotatable bonds is 6. The van der Waals surface area contributed by atoms with E-state index in [1.165, 1.54) is 12.8 Å². The van der Waals surface area contributed by atoms with Gasteiger partial charge >= 0.3 is 0 Å². The third-order valence-corrected chi connectivity index (χ3v) is 3.96. The molecule has 1 N–H and O–H groups in total. The van der Waals surface area contributed by atoms with Crippen LogP contribution in [-0.2, 0) is 9.47 Å². The summed E-state index contributed by atoms with van der Waals surface area (Å²) in [5.41, 5.74) is 3.51. The molecular formula is C15H31N5O2. The molecule has 0 atom stereocenters. The number of morpholine rings is 2. The molecule has 7 nitrogen and oxygen atoms in total. The highest BCUT2D eigenvalue weighted by atomic mass is 16.5. The van der Waals surface area contributed by atoms with Gasteiger partial charge in [0.1, 0.15) is 0 Å². The molecule has 0 bridgehead atoms. The second-order valence-corrected chi connectivity index (χ2v) is 5.63. The van der Waals surface area contributed by atoms with Crippen molar-refractivity contribution in [3.63, 3.8) is 0 Å². The molecule has 2 fully saturated rings. The van der Waals surface area contributed by atoms with Crippen molar-refractivity contribution in [2.24, 2.45) is 5.10 Å². The van der Waals surface area contributed by atoms with E-state index in [1.807, 2.05) is 0 Å². The number of ether oxygens (including phenoxy) is 2. The lowest BCUT2D eigenvalue weighted by Gasteiger charge is -2.34. The fraction of sp³-hybridized carbons (Fsp3) is 0.933. The molecule has 2 aliphatic heterocycles. The van der Waals surface area contributed by atoms with E-state index in [0.717, 1.165) is 71.7 Å². The maximum absolute atomic E-state index is 5.42. The largest absolute Gasteiger partial charge is 0.379 e. The Labute approximate surface area is 134 Å². The molecule has 0 saturated carbocycles. The lowest BCUT2D eigenvalue weighted by atomic mass is 10.3. The Kier molecular flexibility index (Phi) is 7.76. The van der Waals surface area contributed by atoms with Crippen molar-refractivity contribution in [3.8, 4) is 0 Å². The van der Waals surface area contributed by atoms with Crippen molar-refractivity contribution in [3.05, 3.63) is 0 Å². The van der Waals surface area contributed by atoms with Gasteiger partial charge in [-0.25, -0.2) is 5.01 Å². The molecule has 0 aromatic carbocycles. The van der Waals surface area contributed by atoms with Crippen LogP contribution in [0, 0.1) is 0 Å². The van der Waals surface area contributed by atoms with Gasteiger partial charge in [-0.2, -0.15) is 0 Å². The van der Waals surface area contributed by atoms with Crippen molar-refractivity contribution < 1.29 is 9.47 Å². The molecule has 0 aliphatic carbocycles. The summed E-state index contributed by atoms with van der Waals surface area (Å²) in [5.74, 6) is 0.958. The lowest BCUT2D eigenvalue weighted by Crippen LogP contribution is -2.54. The SMILES string of the molecule is CCCCN(CC)C(=NN1CCOCC1)NN1CCOCC1. The third kappa shape index (κ3) is 5.62. The predicted octanol–water partition coefficient (Wildman–Crippen LogP) is 0.548. The Morgan fingerprint density at radius 3 is 2.27 bits per heavy atom. The van der Waals surface area contributed by atoms with E-state index in [9.17, 15) is 0 Å². The summed E-state index contributed by atoms with van der Waals surface area (Å²) in [6, 6.07) is 0. The highest BCUT2D eigenvalue weighted by Gasteiger charge is 2.18. The minimum atomic E-state index is 0.759. The first kappa shape index (κ1) is 17.3. The number of hydrazine groups is 1. The number of nitrogens with one attached hydrogen (secondary N) is 1. The summed E-state index contributed by atoms with van der Waals surface area (Å²) in [7, 11) is 0. The summed E-state index contributed by atoms with van der Waals surface area (Å²) in [5, 5.41) is 9.17. The molecule has 128 valence electrons. The second kappa shape index (κ2) is 9.86. The highest BCUT2D eigenvalue weighted by Crippen LogP contribution is 2.03. The summed E-state index contributed by atoms with van der Waals surface area (Å²) in [6.07, 6.45) is 2.37. The first-order valence-electron chi connectivity index (χ1n) is 8.59. The summed E-state index contributed by atoms with van der Waals surface area (Å²) in [4.78, 5) is 2.33. The predicted molar refractivity (Wildman–Crippen MR) is 87.5 cm³/mol. The lowest BCUT2D eigenvalue weighted by molar-refractivity contribution is 0.0196. The topological polar surface area (TPSA) is 52.6 Å². The third-order valence-electron chi connectivity index (χ3n) is 3.96. The standard InChI is InChI=1S/C15H31N5O2/c1-3-5-6-18(4-2)15(16-19-7-11-21-12-8-19)17-20-9-13-22-14-10-20/h3-14H2,1-2H3,(H,16,17). The average molecular weight is 313 g/mol. The zero-order chi connectivity index (χ0) is 15.6. The molecule has 0 amide bonds. The molecule has 2 saturated heterocycles. The number of hydrazone groups is 1. The van der Waals surface area contributed by atoms with E-state index >= 15 is 0 Å². The molecule has 22 heavy (non-hydrogen) atoms. The fourth-order valence-electron chi connectivity index (χ4n) is 2.52. The van der Waals surface area contributed by atoms with Gasteiger partial charge in [0.25, 0.3) is 0 Å². The van der Waals surface area contributed by atoms with Crippen LogP contribution in [0.25, 0.3) is 0 Å². The zero-order valence-corrected chi connectivity index (χ0v) is 14.1. The molecule has 0 aromatic rings. The molecule has 0 unspecified atom stereocenters. The van der Waals surface area contributed by atoms with Crippen molar-refractivity contribution in [2.75, 3.05) is 65.7 Å². The van der Waals surface area contributed by atoms with Crippen LogP contribution in [0.3, 0.4) is 0 Å². The minimum Gasteiger partial charge on any atom is -0.379 e. The van der Waals surface area contributed by atoms with Crippen molar-refractivity contribution in [1.82, 2.24) is 20.3 Å². The normalized spacial score (nSPS) is 21.0. The first-order valence-corrected chi connectivity index (χ1v) is 8.59. The van der Waals surface area contributed by atoms with Crippen molar-refractivity contribution in [2.45, 2.75) is 26.7 Å². The molecule has 0 aromatic heterocycles. The van der Waals surface area contributed by atoms with E-state index in [-0.39, 0.29) is 0 Å². The number of unbranched alkanes of at least 4 members (excludes halogenated alkanes) is 1. The smallest absolute Gasteiger partial charge is 0.231 e. The van der Waals surface area contributed by atoms with Crippen LogP contribution in [0.1, 0.15) is 26.7 Å². The van der Waals surface area contributed by atoms with Crippen molar-refractivity contribution >= 4 is 5.96 Å². The average Bonchev–Trinajstić information content (AvgIpc) is 2.57. The van der Waals surface area contributed by atoms with Gasteiger partial charge in [-0.1, -0.05) is 13.3 Å². The van der Waals surface area contributed by atoms with Gasteiger partial charge in [0, 0.05) is 26.2 Å². The second-order valence-electron chi connectivity index (χ2n) is 5.63. The maximum atomic E-state index is 5.42. The van der Waals surface area contributed by atoms with E-state index in [1.54, 1.807) is 0 Å². The van der Waals surface area contributed by atoms with Crippen LogP contribution >= 0.6 is 0 Å². The van der Waals surface area contributed by atoms with E-state index < -0.39 is 0 Å². The monoisotopic (exact) mass is 313 g/mol. The van der Waals surface area contributed by atoms with Gasteiger partial charge in [-0.3, -0.25) is 10.4 Å². The summed E-state index contributed by atoms with van der Waals surface area (Å²) >= 11 is 0. The molecular weight excluding hydrogens is 282 g/mol. The van der Waals surface area contributed by atoms with Gasteiger partial charge in [-0.15, -0.1) is 5.10 Å². The number of guanidine groups is 1. The zero-order valence-electron chi connectivity index (χ0n) is 14.1. The van der Waals surface area contributed by atoms with Crippen LogP contribution in [-0.4, -0.2) is 86.6 Å². The van der Waals surface area contributed by atoms with Crippen LogP contribution in [0.5, 0.6) is 0 Å². The highest BCUT2D eigenvalue weighted by molar-refractivity contribution is 5.79. The number of nitrogens with zero attached hydrogens (tertiary/aromatic N) is 4. The van der Waals surface area contributed by atoms with E-state index in [2.05, 4.69) is 34.2 Å². The van der Waals surface area contributed by atoms with Crippen LogP contribution < -0.4 is 5.43 Å². The first-order chi connectivity index (χ1) is 10.8. The molecule has 2 rings (SSSR count). The Morgan fingerprint density at radius 1 is 1.05 bits per heavy atom. The quantitative estimate of drug-likeness (QED) is 0.571. The van der Waals surface area contributed by atoms with Crippen LogP contribution in [0.4, 0.5) is 0 Å². The fourth-order valence-corrected chi connectivity index (χ4v) is 2.52. The number of hydrogen-bond donors (Lipinski definition) is 1. The van der Waals surface area contributed by atoms with Crippen molar-refractivity contribution in [1.29, 1.82) is 0 Å². The van der Waals surface area contributed by atoms with Crippen LogP contribution in [0.2, 0.25) is 0 Å². The molecule has 0 radical (unpaired) electrons. The molecule has 7 heteroatoms. The van der Waals surface area contributed by atoms with E-state index in [4.69, 9.17) is 14.6 Å². The Morgan fingerprint density at radius 2 is 1.68 bits per heavy atom.